The van der Waals surface area contributed by atoms with Crippen LogP contribution in [0.5, 0.6) is 0 Å². The molecule has 2 amide bonds. The molecule has 1 atom stereocenters. The molecular formula is C23H34F3N7O3. The maximum absolute atomic E-state index is 15.1. The first-order chi connectivity index (χ1) is 17.3. The molecule has 10 nitrogen and oxygen atoms in total. The fourth-order valence-electron chi connectivity index (χ4n) is 4.59. The van der Waals surface area contributed by atoms with E-state index in [0.29, 0.717) is 31.0 Å². The number of hydrogen-bond donors (Lipinski definition) is 2. The van der Waals surface area contributed by atoms with Crippen LogP contribution in [0.15, 0.2) is 18.2 Å². The quantitative estimate of drug-likeness (QED) is 0.517. The predicted molar refractivity (Wildman–Crippen MR) is 129 cm³/mol. The normalized spacial score (nSPS) is 22.7. The zero-order valence-electron chi connectivity index (χ0n) is 20.5. The van der Waals surface area contributed by atoms with Crippen LogP contribution in [0.1, 0.15) is 0 Å². The number of carbonyl (C=O) groups excluding carboxylic acids is 2. The molecule has 1 aromatic carbocycles. The van der Waals surface area contributed by atoms with E-state index in [1.54, 1.807) is 12.1 Å². The highest BCUT2D eigenvalue weighted by molar-refractivity contribution is 5.90. The van der Waals surface area contributed by atoms with Crippen LogP contribution in [0.3, 0.4) is 0 Å². The zero-order chi connectivity index (χ0) is 25.7. The van der Waals surface area contributed by atoms with Gasteiger partial charge in [-0.1, -0.05) is 0 Å². The Labute approximate surface area is 208 Å². The van der Waals surface area contributed by atoms with Crippen LogP contribution < -0.4 is 20.5 Å². The van der Waals surface area contributed by atoms with E-state index in [-0.39, 0.29) is 13.1 Å². The average Bonchev–Trinajstić information content (AvgIpc) is 3.07. The van der Waals surface area contributed by atoms with E-state index in [1.165, 1.54) is 11.0 Å². The van der Waals surface area contributed by atoms with E-state index in [0.717, 1.165) is 45.8 Å². The minimum atomic E-state index is -3.14. The smallest absolute Gasteiger partial charge is 0.414 e. The molecule has 0 bridgehead atoms. The SMILES string of the molecule is CN1CCN(CCN2CCN(c3ccc(N4C[C@H](CNC(=O)C(F)F)OC4=O)cc3F)CCN2)CC1. The van der Waals surface area contributed by atoms with Gasteiger partial charge in [-0.2, -0.15) is 8.78 Å². The van der Waals surface area contributed by atoms with Crippen LogP contribution in [0.2, 0.25) is 0 Å². The summed E-state index contributed by atoms with van der Waals surface area (Å²) in [4.78, 5) is 31.3. The fourth-order valence-corrected chi connectivity index (χ4v) is 4.59. The summed E-state index contributed by atoms with van der Waals surface area (Å²) in [6.45, 7) is 8.72. The molecule has 0 aromatic heterocycles. The number of rotatable bonds is 8. The number of benzene rings is 1. The molecular weight excluding hydrogens is 479 g/mol. The van der Waals surface area contributed by atoms with Crippen LogP contribution in [0.4, 0.5) is 29.3 Å². The number of alkyl halides is 2. The van der Waals surface area contributed by atoms with E-state index in [9.17, 15) is 18.4 Å². The third-order valence-corrected chi connectivity index (χ3v) is 6.80. The average molecular weight is 514 g/mol. The Bertz CT molecular complexity index is 917. The molecule has 2 N–H and O–H groups in total. The molecule has 13 heteroatoms. The highest BCUT2D eigenvalue weighted by Gasteiger charge is 2.33. The van der Waals surface area contributed by atoms with E-state index >= 15 is 4.39 Å². The van der Waals surface area contributed by atoms with Crippen LogP contribution in [-0.2, 0) is 9.53 Å². The second-order valence-electron chi connectivity index (χ2n) is 9.33. The number of anilines is 2. The predicted octanol–water partition coefficient (Wildman–Crippen LogP) is 0.406. The van der Waals surface area contributed by atoms with Gasteiger partial charge in [0, 0.05) is 65.4 Å². The summed E-state index contributed by atoms with van der Waals surface area (Å²) < 4.78 is 44.9. The number of likely N-dealkylation sites (N-methyl/N-ethyl adjacent to an activating group) is 1. The largest absolute Gasteiger partial charge is 0.442 e. The summed E-state index contributed by atoms with van der Waals surface area (Å²) in [7, 11) is 2.14. The molecule has 200 valence electrons. The molecule has 0 unspecified atom stereocenters. The topological polar surface area (TPSA) is 83.6 Å². The molecule has 0 spiro atoms. The van der Waals surface area contributed by atoms with Crippen molar-refractivity contribution in [1.82, 2.24) is 25.6 Å². The van der Waals surface area contributed by atoms with Gasteiger partial charge in [0.15, 0.2) is 0 Å². The number of nitrogens with one attached hydrogen (secondary N) is 2. The minimum Gasteiger partial charge on any atom is -0.442 e. The van der Waals surface area contributed by atoms with Crippen molar-refractivity contribution in [3.8, 4) is 0 Å². The Morgan fingerprint density at radius 2 is 1.92 bits per heavy atom. The first kappa shape index (κ1) is 26.5. The second-order valence-corrected chi connectivity index (χ2v) is 9.33. The molecule has 3 saturated heterocycles. The van der Waals surface area contributed by atoms with Crippen molar-refractivity contribution in [1.29, 1.82) is 0 Å². The summed E-state index contributed by atoms with van der Waals surface area (Å²) in [6.07, 6.45) is -4.65. The van der Waals surface area contributed by atoms with Crippen molar-refractivity contribution in [2.45, 2.75) is 12.5 Å². The van der Waals surface area contributed by atoms with Gasteiger partial charge < -0.3 is 19.9 Å². The lowest BCUT2D eigenvalue weighted by Gasteiger charge is -2.33. The highest BCUT2D eigenvalue weighted by atomic mass is 19.3. The van der Waals surface area contributed by atoms with E-state index in [4.69, 9.17) is 4.74 Å². The summed E-state index contributed by atoms with van der Waals surface area (Å²) in [5.74, 6) is -1.88. The summed E-state index contributed by atoms with van der Waals surface area (Å²) in [5, 5.41) is 4.22. The Balaban J connectivity index is 1.28. The third kappa shape index (κ3) is 6.78. The maximum atomic E-state index is 15.1. The molecule has 3 fully saturated rings. The number of halogens is 3. The first-order valence-corrected chi connectivity index (χ1v) is 12.3. The molecule has 3 aliphatic rings. The number of amides is 2. The molecule has 3 aliphatic heterocycles. The van der Waals surface area contributed by atoms with Gasteiger partial charge >= 0.3 is 12.5 Å². The van der Waals surface area contributed by atoms with Crippen LogP contribution in [-0.4, -0.2) is 125 Å². The zero-order valence-corrected chi connectivity index (χ0v) is 20.5. The Hall–Kier alpha value is -2.61. The van der Waals surface area contributed by atoms with Gasteiger partial charge in [-0.25, -0.2) is 14.2 Å². The van der Waals surface area contributed by atoms with E-state index < -0.39 is 30.3 Å². The summed E-state index contributed by atoms with van der Waals surface area (Å²) >= 11 is 0. The number of hydrazine groups is 1. The Kier molecular flexibility index (Phi) is 8.88. The van der Waals surface area contributed by atoms with Crippen molar-refractivity contribution in [3.05, 3.63) is 24.0 Å². The maximum Gasteiger partial charge on any atom is 0.414 e. The summed E-state index contributed by atoms with van der Waals surface area (Å²) in [6, 6.07) is 4.56. The number of ether oxygens (including phenoxy) is 1. The van der Waals surface area contributed by atoms with Crippen molar-refractivity contribution in [3.63, 3.8) is 0 Å². The molecule has 4 rings (SSSR count). The van der Waals surface area contributed by atoms with Gasteiger partial charge in [-0.15, -0.1) is 0 Å². The van der Waals surface area contributed by atoms with Gasteiger partial charge in [0.2, 0.25) is 0 Å². The number of nitrogens with zero attached hydrogens (tertiary/aromatic N) is 5. The number of cyclic esters (lactones) is 1. The fraction of sp³-hybridized carbons (Fsp3) is 0.652. The standard InChI is InChI=1S/C23H34F3N7O3/c1-29-6-8-30(9-7-29)10-12-32-13-11-31(5-4-28-32)20-3-2-17(14-19(20)24)33-16-18(36-23(33)35)15-27-22(34)21(25)26/h2-3,14,18,21,28H,4-13,15-16H2,1H3,(H,27,34)/t18-/m0/s1. The highest BCUT2D eigenvalue weighted by Crippen LogP contribution is 2.28. The minimum absolute atomic E-state index is 0.0248. The van der Waals surface area contributed by atoms with Crippen molar-refractivity contribution < 1.29 is 27.5 Å². The Morgan fingerprint density at radius 3 is 2.64 bits per heavy atom. The molecule has 0 saturated carbocycles. The molecule has 0 aliphatic carbocycles. The number of hydrogen-bond acceptors (Lipinski definition) is 8. The van der Waals surface area contributed by atoms with Crippen LogP contribution >= 0.6 is 0 Å². The number of piperazine rings is 1. The molecule has 3 heterocycles. The van der Waals surface area contributed by atoms with Gasteiger partial charge in [0.1, 0.15) is 11.9 Å². The summed E-state index contributed by atoms with van der Waals surface area (Å²) in [5.41, 5.74) is 4.19. The van der Waals surface area contributed by atoms with Crippen LogP contribution in [0, 0.1) is 5.82 Å². The van der Waals surface area contributed by atoms with Crippen molar-refractivity contribution >= 4 is 23.4 Å². The van der Waals surface area contributed by atoms with Gasteiger partial charge in [0.05, 0.1) is 24.5 Å². The lowest BCUT2D eigenvalue weighted by atomic mass is 10.2. The van der Waals surface area contributed by atoms with E-state index in [2.05, 4.69) is 27.3 Å². The Morgan fingerprint density at radius 1 is 1.14 bits per heavy atom. The van der Waals surface area contributed by atoms with Crippen molar-refractivity contribution in [2.75, 3.05) is 95.4 Å². The van der Waals surface area contributed by atoms with Crippen molar-refractivity contribution in [2.24, 2.45) is 0 Å². The van der Waals surface area contributed by atoms with Gasteiger partial charge in [-0.05, 0) is 25.2 Å². The third-order valence-electron chi connectivity index (χ3n) is 6.80. The monoisotopic (exact) mass is 513 g/mol. The van der Waals surface area contributed by atoms with Gasteiger partial charge in [0.25, 0.3) is 5.91 Å². The second kappa shape index (κ2) is 12.1. The lowest BCUT2D eigenvalue weighted by Crippen LogP contribution is -2.49. The number of carbonyl (C=O) groups is 2. The lowest BCUT2D eigenvalue weighted by molar-refractivity contribution is -0.132. The van der Waals surface area contributed by atoms with E-state index in [1.807, 2.05) is 10.2 Å². The van der Waals surface area contributed by atoms with Crippen LogP contribution in [0.25, 0.3) is 0 Å². The van der Waals surface area contributed by atoms with Gasteiger partial charge in [-0.3, -0.25) is 20.0 Å². The first-order valence-electron chi connectivity index (χ1n) is 12.3. The molecule has 0 radical (unpaired) electrons. The molecule has 36 heavy (non-hydrogen) atoms. The molecule has 1 aromatic rings.